The minimum atomic E-state index is -0.156. The number of aromatic nitrogens is 2. The topological polar surface area (TPSA) is 55.1 Å². The van der Waals surface area contributed by atoms with Gasteiger partial charge < -0.3 is 5.11 Å². The average Bonchev–Trinajstić information content (AvgIpc) is 3.01. The zero-order chi connectivity index (χ0) is 16.1. The molecule has 23 heavy (non-hydrogen) atoms. The zero-order valence-corrected chi connectivity index (χ0v) is 12.5. The number of carbonyl (C=O) groups excluding carboxylic acids is 1. The Morgan fingerprint density at radius 1 is 1.13 bits per heavy atom. The van der Waals surface area contributed by atoms with Crippen LogP contribution in [0.5, 0.6) is 5.75 Å². The van der Waals surface area contributed by atoms with Crippen molar-refractivity contribution in [1.29, 1.82) is 0 Å². The van der Waals surface area contributed by atoms with Crippen molar-refractivity contribution in [3.63, 3.8) is 0 Å². The molecule has 1 N–H and O–H groups in total. The van der Waals surface area contributed by atoms with Gasteiger partial charge in [0.1, 0.15) is 5.75 Å². The first kappa shape index (κ1) is 14.8. The van der Waals surface area contributed by atoms with Gasteiger partial charge in [-0.1, -0.05) is 42.5 Å². The minimum Gasteiger partial charge on any atom is -0.508 e. The predicted molar refractivity (Wildman–Crippen MR) is 89.2 cm³/mol. The van der Waals surface area contributed by atoms with Gasteiger partial charge in [-0.05, 0) is 29.8 Å². The van der Waals surface area contributed by atoms with Gasteiger partial charge >= 0.3 is 0 Å². The summed E-state index contributed by atoms with van der Waals surface area (Å²) in [5.41, 5.74) is 2.48. The summed E-state index contributed by atoms with van der Waals surface area (Å²) in [5.74, 6) is -0.0726. The Bertz CT molecular complexity index is 835. The van der Waals surface area contributed by atoms with E-state index in [0.717, 1.165) is 5.56 Å². The second-order valence-electron chi connectivity index (χ2n) is 5.20. The molecule has 0 aliphatic rings. The van der Waals surface area contributed by atoms with Crippen LogP contribution in [0.1, 0.15) is 21.5 Å². The minimum absolute atomic E-state index is 0.0833. The monoisotopic (exact) mass is 304 g/mol. The third-order valence-electron chi connectivity index (χ3n) is 3.40. The van der Waals surface area contributed by atoms with Crippen LogP contribution >= 0.6 is 0 Å². The normalized spacial score (nSPS) is 11.0. The molecule has 0 bridgehead atoms. The van der Waals surface area contributed by atoms with Crippen molar-refractivity contribution in [2.45, 2.75) is 6.54 Å². The van der Waals surface area contributed by atoms with E-state index in [-0.39, 0.29) is 11.5 Å². The van der Waals surface area contributed by atoms with Gasteiger partial charge in [0, 0.05) is 17.3 Å². The molecular weight excluding hydrogens is 288 g/mol. The highest BCUT2D eigenvalue weighted by molar-refractivity contribution is 6.06. The number of hydrogen-bond acceptors (Lipinski definition) is 3. The van der Waals surface area contributed by atoms with Crippen molar-refractivity contribution in [1.82, 2.24) is 9.78 Å². The van der Waals surface area contributed by atoms with E-state index in [2.05, 4.69) is 5.10 Å². The highest BCUT2D eigenvalue weighted by Gasteiger charge is 2.03. The highest BCUT2D eigenvalue weighted by atomic mass is 16.3. The average molecular weight is 304 g/mol. The Morgan fingerprint density at radius 2 is 1.96 bits per heavy atom. The Morgan fingerprint density at radius 3 is 2.74 bits per heavy atom. The predicted octanol–water partition coefficient (Wildman–Crippen LogP) is 3.53. The van der Waals surface area contributed by atoms with Crippen LogP contribution in [0.4, 0.5) is 0 Å². The van der Waals surface area contributed by atoms with Crippen molar-refractivity contribution >= 4 is 11.9 Å². The first-order chi connectivity index (χ1) is 11.2. The van der Waals surface area contributed by atoms with Crippen LogP contribution in [0, 0.1) is 0 Å². The third kappa shape index (κ3) is 3.95. The number of benzene rings is 2. The number of aromatic hydroxyl groups is 1. The molecule has 3 rings (SSSR count). The number of phenolic OH excluding ortho intramolecular Hbond substituents is 1. The maximum atomic E-state index is 12.0. The molecule has 0 atom stereocenters. The molecule has 0 spiro atoms. The van der Waals surface area contributed by atoms with Crippen molar-refractivity contribution < 1.29 is 9.90 Å². The summed E-state index contributed by atoms with van der Waals surface area (Å²) in [6, 6.07) is 16.4. The lowest BCUT2D eigenvalue weighted by Gasteiger charge is -2.00. The summed E-state index contributed by atoms with van der Waals surface area (Å²) in [5, 5.41) is 13.7. The van der Waals surface area contributed by atoms with E-state index in [1.54, 1.807) is 24.4 Å². The molecule has 0 saturated heterocycles. The van der Waals surface area contributed by atoms with Gasteiger partial charge in [-0.3, -0.25) is 9.48 Å². The van der Waals surface area contributed by atoms with Crippen LogP contribution in [0.15, 0.2) is 73.1 Å². The molecule has 4 heteroatoms. The second-order valence-corrected chi connectivity index (χ2v) is 5.20. The number of phenols is 1. The largest absolute Gasteiger partial charge is 0.508 e. The Balaban J connectivity index is 1.68. The first-order valence-corrected chi connectivity index (χ1v) is 7.28. The molecule has 1 heterocycles. The standard InChI is InChI=1S/C19H16N2O2/c22-18-8-4-7-17(11-18)19(23)10-9-16-12-20-21(14-16)13-15-5-2-1-3-6-15/h1-12,14,22H,13H2/b10-9+. The molecule has 0 fully saturated rings. The van der Waals surface area contributed by atoms with Crippen molar-refractivity contribution in [3.8, 4) is 5.75 Å². The van der Waals surface area contributed by atoms with E-state index >= 15 is 0 Å². The van der Waals surface area contributed by atoms with Crippen LogP contribution < -0.4 is 0 Å². The summed E-state index contributed by atoms with van der Waals surface area (Å²) < 4.78 is 1.83. The molecule has 2 aromatic carbocycles. The fraction of sp³-hybridized carbons (Fsp3) is 0.0526. The van der Waals surface area contributed by atoms with Crippen molar-refractivity contribution in [2.75, 3.05) is 0 Å². The molecule has 3 aromatic rings. The van der Waals surface area contributed by atoms with Crippen LogP contribution in [0.2, 0.25) is 0 Å². The van der Waals surface area contributed by atoms with Crippen LogP contribution in [-0.4, -0.2) is 20.7 Å². The molecule has 0 radical (unpaired) electrons. The quantitative estimate of drug-likeness (QED) is 0.579. The SMILES string of the molecule is O=C(/C=C/c1cnn(Cc2ccccc2)c1)c1cccc(O)c1. The van der Waals surface area contributed by atoms with Gasteiger partial charge in [0.2, 0.25) is 0 Å². The molecule has 1 aromatic heterocycles. The van der Waals surface area contributed by atoms with E-state index in [4.69, 9.17) is 0 Å². The maximum Gasteiger partial charge on any atom is 0.185 e. The molecular formula is C19H16N2O2. The van der Waals surface area contributed by atoms with Crippen molar-refractivity contribution in [2.24, 2.45) is 0 Å². The lowest BCUT2D eigenvalue weighted by Crippen LogP contribution is -1.99. The van der Waals surface area contributed by atoms with E-state index in [9.17, 15) is 9.90 Å². The van der Waals surface area contributed by atoms with Gasteiger partial charge in [0.25, 0.3) is 0 Å². The summed E-state index contributed by atoms with van der Waals surface area (Å²) in [4.78, 5) is 12.0. The summed E-state index contributed by atoms with van der Waals surface area (Å²) in [6.07, 6.45) is 6.81. The van der Waals surface area contributed by atoms with Gasteiger partial charge in [-0.15, -0.1) is 0 Å². The summed E-state index contributed by atoms with van der Waals surface area (Å²) >= 11 is 0. The smallest absolute Gasteiger partial charge is 0.185 e. The Labute approximate surface area is 134 Å². The molecule has 0 aliphatic carbocycles. The van der Waals surface area contributed by atoms with E-state index < -0.39 is 0 Å². The van der Waals surface area contributed by atoms with E-state index in [1.807, 2.05) is 41.2 Å². The molecule has 0 aliphatic heterocycles. The van der Waals surface area contributed by atoms with Crippen LogP contribution in [0.25, 0.3) is 6.08 Å². The first-order valence-electron chi connectivity index (χ1n) is 7.28. The maximum absolute atomic E-state index is 12.0. The Kier molecular flexibility index (Phi) is 4.34. The van der Waals surface area contributed by atoms with Crippen LogP contribution in [0.3, 0.4) is 0 Å². The highest BCUT2D eigenvalue weighted by Crippen LogP contribution is 2.12. The van der Waals surface area contributed by atoms with Gasteiger partial charge in [-0.25, -0.2) is 0 Å². The van der Waals surface area contributed by atoms with E-state index in [0.29, 0.717) is 12.1 Å². The van der Waals surface area contributed by atoms with Gasteiger partial charge in [0.15, 0.2) is 5.78 Å². The number of ketones is 1. The summed E-state index contributed by atoms with van der Waals surface area (Å²) in [7, 11) is 0. The lowest BCUT2D eigenvalue weighted by atomic mass is 10.1. The molecule has 0 amide bonds. The Hall–Kier alpha value is -3.14. The fourth-order valence-electron chi connectivity index (χ4n) is 2.25. The fourth-order valence-corrected chi connectivity index (χ4v) is 2.25. The van der Waals surface area contributed by atoms with Gasteiger partial charge in [0.05, 0.1) is 12.7 Å². The summed E-state index contributed by atoms with van der Waals surface area (Å²) in [6.45, 7) is 0.690. The number of hydrogen-bond donors (Lipinski definition) is 1. The van der Waals surface area contributed by atoms with Gasteiger partial charge in [-0.2, -0.15) is 5.10 Å². The second kappa shape index (κ2) is 6.75. The number of allylic oxidation sites excluding steroid dienone is 1. The number of carbonyl (C=O) groups is 1. The lowest BCUT2D eigenvalue weighted by molar-refractivity contribution is 0.104. The third-order valence-corrected chi connectivity index (χ3v) is 3.40. The number of rotatable bonds is 5. The molecule has 4 nitrogen and oxygen atoms in total. The molecule has 0 saturated carbocycles. The van der Waals surface area contributed by atoms with Crippen LogP contribution in [-0.2, 0) is 6.54 Å². The zero-order valence-electron chi connectivity index (χ0n) is 12.5. The molecule has 114 valence electrons. The van der Waals surface area contributed by atoms with Crippen molar-refractivity contribution in [3.05, 3.63) is 89.8 Å². The van der Waals surface area contributed by atoms with E-state index in [1.165, 1.54) is 23.8 Å². The number of nitrogens with zero attached hydrogens (tertiary/aromatic N) is 2. The molecule has 0 unspecified atom stereocenters.